The minimum Gasteiger partial charge on any atom is -0.348 e. The van der Waals surface area contributed by atoms with Crippen molar-refractivity contribution in [1.82, 2.24) is 19.9 Å². The van der Waals surface area contributed by atoms with Gasteiger partial charge in [-0.15, -0.1) is 0 Å². The van der Waals surface area contributed by atoms with E-state index < -0.39 is 0 Å². The van der Waals surface area contributed by atoms with Gasteiger partial charge in [-0.05, 0) is 60.0 Å². The first-order valence-electron chi connectivity index (χ1n) is 11.7. The molecule has 2 heterocycles. The van der Waals surface area contributed by atoms with Crippen molar-refractivity contribution in [1.29, 1.82) is 0 Å². The number of hydrogen-bond acceptors (Lipinski definition) is 4. The number of pyridine rings is 1. The molecule has 0 radical (unpaired) electrons. The summed E-state index contributed by atoms with van der Waals surface area (Å²) in [5.74, 6) is 0.323. The number of nitrogens with zero attached hydrogens (tertiary/aromatic N) is 3. The van der Waals surface area contributed by atoms with Crippen LogP contribution < -0.4 is 5.32 Å². The molecule has 3 aromatic carbocycles. The normalized spacial score (nSPS) is 11.1. The third-order valence-electron chi connectivity index (χ3n) is 5.88. The second-order valence-corrected chi connectivity index (χ2v) is 9.55. The number of benzene rings is 3. The summed E-state index contributed by atoms with van der Waals surface area (Å²) in [6.45, 7) is 3.10. The Kier molecular flexibility index (Phi) is 7.09. The maximum Gasteiger partial charge on any atom is 0.251 e. The summed E-state index contributed by atoms with van der Waals surface area (Å²) in [5, 5.41) is 3.82. The standard InChI is InChI=1S/C29H25FN4OS/c1-20-4-6-21(7-5-20)17-32-28(35)24-12-8-22(9-13-24)18-34-27-26(3-2-16-31-27)33-29(34)36-19-23-10-14-25(30)15-11-23/h2-16H,17-19H2,1H3,(H,32,35). The van der Waals surface area contributed by atoms with Crippen LogP contribution in [0.15, 0.2) is 96.3 Å². The van der Waals surface area contributed by atoms with Gasteiger partial charge in [-0.2, -0.15) is 0 Å². The van der Waals surface area contributed by atoms with Gasteiger partial charge in [-0.25, -0.2) is 14.4 Å². The van der Waals surface area contributed by atoms with E-state index >= 15 is 0 Å². The molecule has 0 aliphatic rings. The van der Waals surface area contributed by atoms with Gasteiger partial charge in [0.05, 0.1) is 6.54 Å². The van der Waals surface area contributed by atoms with Crippen LogP contribution in [0.2, 0.25) is 0 Å². The number of carbonyl (C=O) groups is 1. The molecule has 0 fully saturated rings. The van der Waals surface area contributed by atoms with Gasteiger partial charge in [-0.3, -0.25) is 9.36 Å². The van der Waals surface area contributed by atoms with Crippen LogP contribution >= 0.6 is 11.8 Å². The van der Waals surface area contributed by atoms with E-state index in [2.05, 4.69) is 14.9 Å². The van der Waals surface area contributed by atoms with Gasteiger partial charge in [0.25, 0.3) is 5.91 Å². The Hall–Kier alpha value is -3.97. The molecule has 0 bridgehead atoms. The zero-order valence-corrected chi connectivity index (χ0v) is 20.6. The minimum atomic E-state index is -0.243. The number of amides is 1. The molecular weight excluding hydrogens is 471 g/mol. The van der Waals surface area contributed by atoms with Gasteiger partial charge in [0, 0.05) is 24.1 Å². The lowest BCUT2D eigenvalue weighted by molar-refractivity contribution is 0.0951. The first kappa shape index (κ1) is 23.8. The van der Waals surface area contributed by atoms with Crippen molar-refractivity contribution in [3.05, 3.63) is 125 Å². The monoisotopic (exact) mass is 496 g/mol. The van der Waals surface area contributed by atoms with Gasteiger partial charge in [0.2, 0.25) is 0 Å². The second kappa shape index (κ2) is 10.7. The molecule has 1 amide bonds. The highest BCUT2D eigenvalue weighted by atomic mass is 32.2. The molecule has 7 heteroatoms. The fourth-order valence-electron chi connectivity index (χ4n) is 3.85. The summed E-state index contributed by atoms with van der Waals surface area (Å²) < 4.78 is 15.3. The Bertz CT molecular complexity index is 1480. The average Bonchev–Trinajstić information content (AvgIpc) is 3.25. The summed E-state index contributed by atoms with van der Waals surface area (Å²) in [7, 11) is 0. The van der Waals surface area contributed by atoms with Crippen molar-refractivity contribution in [3.63, 3.8) is 0 Å². The number of rotatable bonds is 8. The molecule has 1 N–H and O–H groups in total. The molecule has 0 atom stereocenters. The molecule has 0 aliphatic heterocycles. The molecule has 5 aromatic rings. The van der Waals surface area contributed by atoms with Crippen LogP contribution in [0, 0.1) is 12.7 Å². The third-order valence-corrected chi connectivity index (χ3v) is 6.93. The molecule has 5 nitrogen and oxygen atoms in total. The molecule has 0 unspecified atom stereocenters. The molecule has 0 saturated carbocycles. The number of fused-ring (bicyclic) bond motifs is 1. The molecule has 0 spiro atoms. The van der Waals surface area contributed by atoms with Crippen molar-refractivity contribution in [3.8, 4) is 0 Å². The average molecular weight is 497 g/mol. The number of nitrogens with one attached hydrogen (secondary N) is 1. The highest BCUT2D eigenvalue weighted by Crippen LogP contribution is 2.27. The van der Waals surface area contributed by atoms with Crippen LogP contribution in [0.1, 0.15) is 32.6 Å². The zero-order chi connectivity index (χ0) is 24.9. The van der Waals surface area contributed by atoms with Gasteiger partial charge >= 0.3 is 0 Å². The van der Waals surface area contributed by atoms with Crippen molar-refractivity contribution in [2.24, 2.45) is 0 Å². The number of hydrogen-bond donors (Lipinski definition) is 1. The van der Waals surface area contributed by atoms with E-state index in [1.807, 2.05) is 67.6 Å². The van der Waals surface area contributed by atoms with Crippen LogP contribution in [-0.2, 0) is 18.8 Å². The maximum absolute atomic E-state index is 13.3. The Morgan fingerprint density at radius 2 is 1.61 bits per heavy atom. The fraction of sp³-hybridized carbons (Fsp3) is 0.138. The Morgan fingerprint density at radius 3 is 2.36 bits per heavy atom. The third kappa shape index (κ3) is 5.63. The summed E-state index contributed by atoms with van der Waals surface area (Å²) in [4.78, 5) is 21.9. The summed E-state index contributed by atoms with van der Waals surface area (Å²) in [6.07, 6.45) is 1.76. The van der Waals surface area contributed by atoms with Crippen molar-refractivity contribution >= 4 is 28.8 Å². The summed E-state index contributed by atoms with van der Waals surface area (Å²) in [6, 6.07) is 26.1. The summed E-state index contributed by atoms with van der Waals surface area (Å²) >= 11 is 1.59. The smallest absolute Gasteiger partial charge is 0.251 e. The molecule has 0 saturated heterocycles. The van der Waals surface area contributed by atoms with Gasteiger partial charge < -0.3 is 5.32 Å². The second-order valence-electron chi connectivity index (χ2n) is 8.61. The van der Waals surface area contributed by atoms with E-state index in [-0.39, 0.29) is 11.7 Å². The lowest BCUT2D eigenvalue weighted by atomic mass is 10.1. The molecule has 5 rings (SSSR count). The highest BCUT2D eigenvalue weighted by Gasteiger charge is 2.14. The quantitative estimate of drug-likeness (QED) is 0.262. The molecule has 0 aliphatic carbocycles. The SMILES string of the molecule is Cc1ccc(CNC(=O)c2ccc(Cn3c(SCc4ccc(F)cc4)nc4cccnc43)cc2)cc1. The highest BCUT2D eigenvalue weighted by molar-refractivity contribution is 7.98. The number of aromatic nitrogens is 3. The van der Waals surface area contributed by atoms with Crippen LogP contribution in [0.5, 0.6) is 0 Å². The fourth-order valence-corrected chi connectivity index (χ4v) is 4.81. The molecule has 180 valence electrons. The van der Waals surface area contributed by atoms with E-state index in [1.165, 1.54) is 17.7 Å². The van der Waals surface area contributed by atoms with Crippen LogP contribution in [0.3, 0.4) is 0 Å². The number of carbonyl (C=O) groups excluding carboxylic acids is 1. The lowest BCUT2D eigenvalue weighted by Crippen LogP contribution is -2.22. The van der Waals surface area contributed by atoms with Gasteiger partial charge in [0.1, 0.15) is 11.3 Å². The van der Waals surface area contributed by atoms with E-state index in [1.54, 1.807) is 30.1 Å². The Morgan fingerprint density at radius 1 is 0.917 bits per heavy atom. The number of thioether (sulfide) groups is 1. The maximum atomic E-state index is 13.3. The number of aryl methyl sites for hydroxylation is 1. The largest absolute Gasteiger partial charge is 0.348 e. The zero-order valence-electron chi connectivity index (χ0n) is 19.8. The molecular formula is C29H25FN4OS. The number of halogens is 1. The van der Waals surface area contributed by atoms with Crippen LogP contribution in [-0.4, -0.2) is 20.4 Å². The van der Waals surface area contributed by atoms with Crippen LogP contribution in [0.4, 0.5) is 4.39 Å². The molecule has 36 heavy (non-hydrogen) atoms. The summed E-state index contributed by atoms with van der Waals surface area (Å²) in [5.41, 5.74) is 6.57. The minimum absolute atomic E-state index is 0.104. The topological polar surface area (TPSA) is 59.8 Å². The predicted molar refractivity (Wildman–Crippen MR) is 141 cm³/mol. The van der Waals surface area contributed by atoms with E-state index in [4.69, 9.17) is 4.98 Å². The Balaban J connectivity index is 1.29. The van der Waals surface area contributed by atoms with Gasteiger partial charge in [0.15, 0.2) is 10.8 Å². The van der Waals surface area contributed by atoms with Crippen LogP contribution in [0.25, 0.3) is 11.2 Å². The van der Waals surface area contributed by atoms with E-state index in [9.17, 15) is 9.18 Å². The van der Waals surface area contributed by atoms with E-state index in [0.717, 1.165) is 33.0 Å². The first-order chi connectivity index (χ1) is 17.5. The molecule has 2 aromatic heterocycles. The Labute approximate surface area is 213 Å². The lowest BCUT2D eigenvalue weighted by Gasteiger charge is -2.10. The van der Waals surface area contributed by atoms with E-state index in [0.29, 0.717) is 24.4 Å². The van der Waals surface area contributed by atoms with Crippen molar-refractivity contribution in [2.75, 3.05) is 0 Å². The van der Waals surface area contributed by atoms with Crippen molar-refractivity contribution in [2.45, 2.75) is 30.9 Å². The predicted octanol–water partition coefficient (Wildman–Crippen LogP) is 6.15. The number of imidazole rings is 1. The van der Waals surface area contributed by atoms with Crippen molar-refractivity contribution < 1.29 is 9.18 Å². The van der Waals surface area contributed by atoms with Gasteiger partial charge in [-0.1, -0.05) is 65.9 Å². The first-order valence-corrected chi connectivity index (χ1v) is 12.6.